The maximum Gasteiger partial charge on any atom is 0.0587 e. The predicted octanol–water partition coefficient (Wildman–Crippen LogP) is 0.0526. The fourth-order valence-electron chi connectivity index (χ4n) is 2.55. The molecular formula is C10H20N2O. The number of hydrogen-bond donors (Lipinski definition) is 2. The van der Waals surface area contributed by atoms with Crippen molar-refractivity contribution in [1.29, 1.82) is 0 Å². The van der Waals surface area contributed by atoms with Crippen LogP contribution in [0.1, 0.15) is 19.3 Å². The van der Waals surface area contributed by atoms with Gasteiger partial charge < -0.3 is 15.3 Å². The molecule has 2 aliphatic rings. The molecule has 2 saturated heterocycles. The average Bonchev–Trinajstić information content (AvgIpc) is 2.76. The lowest BCUT2D eigenvalue weighted by atomic mass is 10.0. The van der Waals surface area contributed by atoms with E-state index in [1.54, 1.807) is 0 Å². The van der Waals surface area contributed by atoms with E-state index < -0.39 is 0 Å². The van der Waals surface area contributed by atoms with Crippen molar-refractivity contribution in [2.45, 2.75) is 25.3 Å². The zero-order valence-corrected chi connectivity index (χ0v) is 8.21. The van der Waals surface area contributed by atoms with E-state index in [-0.39, 0.29) is 0 Å². The second-order valence-electron chi connectivity index (χ2n) is 4.30. The van der Waals surface area contributed by atoms with Gasteiger partial charge in [0.1, 0.15) is 0 Å². The van der Waals surface area contributed by atoms with Gasteiger partial charge >= 0.3 is 0 Å². The van der Waals surface area contributed by atoms with Crippen LogP contribution in [0.4, 0.5) is 0 Å². The van der Waals surface area contributed by atoms with E-state index in [9.17, 15) is 0 Å². The number of likely N-dealkylation sites (tertiary alicyclic amines) is 1. The molecule has 2 rings (SSSR count). The van der Waals surface area contributed by atoms with Gasteiger partial charge in [-0.15, -0.1) is 0 Å². The van der Waals surface area contributed by atoms with Gasteiger partial charge in [-0.1, -0.05) is 0 Å². The first-order valence-electron chi connectivity index (χ1n) is 5.47. The molecule has 0 unspecified atom stereocenters. The maximum absolute atomic E-state index is 9.13. The summed E-state index contributed by atoms with van der Waals surface area (Å²) in [6, 6.07) is 0.362. The van der Waals surface area contributed by atoms with Crippen LogP contribution in [-0.2, 0) is 0 Å². The highest BCUT2D eigenvalue weighted by molar-refractivity contribution is 4.86. The van der Waals surface area contributed by atoms with Crippen molar-refractivity contribution in [2.75, 3.05) is 32.8 Å². The zero-order chi connectivity index (χ0) is 9.10. The Morgan fingerprint density at radius 2 is 2.08 bits per heavy atom. The Labute approximate surface area is 80.1 Å². The van der Waals surface area contributed by atoms with Crippen molar-refractivity contribution in [3.63, 3.8) is 0 Å². The first kappa shape index (κ1) is 9.44. The molecule has 0 saturated carbocycles. The minimum Gasteiger partial charge on any atom is -0.395 e. The highest BCUT2D eigenvalue weighted by atomic mass is 16.3. The number of aliphatic hydroxyl groups is 1. The lowest BCUT2D eigenvalue weighted by molar-refractivity contribution is 0.195. The normalized spacial score (nSPS) is 35.8. The fourth-order valence-corrected chi connectivity index (χ4v) is 2.55. The van der Waals surface area contributed by atoms with E-state index in [1.807, 2.05) is 0 Å². The maximum atomic E-state index is 9.13. The molecule has 0 amide bonds. The van der Waals surface area contributed by atoms with Gasteiger partial charge in [0, 0.05) is 12.6 Å². The molecule has 0 aromatic rings. The number of hydrogen-bond acceptors (Lipinski definition) is 3. The summed E-state index contributed by atoms with van der Waals surface area (Å²) in [5.74, 6) is 0.683. The molecule has 76 valence electrons. The Morgan fingerprint density at radius 3 is 2.77 bits per heavy atom. The Kier molecular flexibility index (Phi) is 3.19. The van der Waals surface area contributed by atoms with Crippen molar-refractivity contribution in [3.8, 4) is 0 Å². The molecule has 0 aromatic carbocycles. The minimum absolute atomic E-state index is 0.304. The Hall–Kier alpha value is -0.120. The van der Waals surface area contributed by atoms with Crippen LogP contribution in [0.5, 0.6) is 0 Å². The van der Waals surface area contributed by atoms with Crippen molar-refractivity contribution in [3.05, 3.63) is 0 Å². The smallest absolute Gasteiger partial charge is 0.0587 e. The summed E-state index contributed by atoms with van der Waals surface area (Å²) >= 11 is 0. The minimum atomic E-state index is 0.304. The molecular weight excluding hydrogens is 164 g/mol. The van der Waals surface area contributed by atoms with Crippen LogP contribution in [0.25, 0.3) is 0 Å². The van der Waals surface area contributed by atoms with Crippen LogP contribution >= 0.6 is 0 Å². The third-order valence-corrected chi connectivity index (χ3v) is 3.38. The topological polar surface area (TPSA) is 35.5 Å². The molecule has 0 bridgehead atoms. The monoisotopic (exact) mass is 184 g/mol. The molecule has 0 aromatic heterocycles. The highest BCUT2D eigenvalue weighted by Crippen LogP contribution is 2.19. The molecule has 2 heterocycles. The van der Waals surface area contributed by atoms with E-state index >= 15 is 0 Å². The molecule has 2 fully saturated rings. The van der Waals surface area contributed by atoms with Crippen molar-refractivity contribution in [2.24, 2.45) is 5.92 Å². The summed E-state index contributed by atoms with van der Waals surface area (Å²) < 4.78 is 0. The molecule has 3 nitrogen and oxygen atoms in total. The predicted molar refractivity (Wildman–Crippen MR) is 52.7 cm³/mol. The Morgan fingerprint density at radius 1 is 1.31 bits per heavy atom. The van der Waals surface area contributed by atoms with Crippen LogP contribution in [-0.4, -0.2) is 48.8 Å². The van der Waals surface area contributed by atoms with E-state index in [1.165, 1.54) is 38.9 Å². The molecule has 2 N–H and O–H groups in total. The van der Waals surface area contributed by atoms with Crippen LogP contribution < -0.4 is 5.32 Å². The van der Waals surface area contributed by atoms with E-state index in [0.717, 1.165) is 6.54 Å². The summed E-state index contributed by atoms with van der Waals surface area (Å²) in [6.07, 6.45) is 3.97. The van der Waals surface area contributed by atoms with Gasteiger partial charge in [-0.05, 0) is 44.8 Å². The second-order valence-corrected chi connectivity index (χ2v) is 4.30. The molecule has 13 heavy (non-hydrogen) atoms. The third kappa shape index (κ3) is 2.22. The summed E-state index contributed by atoms with van der Waals surface area (Å²) in [7, 11) is 0. The van der Waals surface area contributed by atoms with Crippen molar-refractivity contribution < 1.29 is 5.11 Å². The lowest BCUT2D eigenvalue weighted by Gasteiger charge is -2.23. The van der Waals surface area contributed by atoms with E-state index in [4.69, 9.17) is 5.11 Å². The Balaban J connectivity index is 1.79. The molecule has 3 heteroatoms. The quantitative estimate of drug-likeness (QED) is 0.651. The second kappa shape index (κ2) is 4.40. The van der Waals surface area contributed by atoms with Gasteiger partial charge in [-0.25, -0.2) is 0 Å². The van der Waals surface area contributed by atoms with E-state index in [2.05, 4.69) is 10.2 Å². The van der Waals surface area contributed by atoms with Crippen LogP contribution in [0.15, 0.2) is 0 Å². The zero-order valence-electron chi connectivity index (χ0n) is 8.21. The number of nitrogens with one attached hydrogen (secondary N) is 1. The van der Waals surface area contributed by atoms with Crippen LogP contribution in [0.2, 0.25) is 0 Å². The highest BCUT2D eigenvalue weighted by Gasteiger charge is 2.28. The first-order chi connectivity index (χ1) is 6.40. The first-order valence-corrected chi connectivity index (χ1v) is 5.47. The Bertz CT molecular complexity index is 157. The molecule has 0 radical (unpaired) electrons. The van der Waals surface area contributed by atoms with Gasteiger partial charge in [-0.2, -0.15) is 0 Å². The number of nitrogens with zero attached hydrogens (tertiary/aromatic N) is 1. The van der Waals surface area contributed by atoms with Crippen LogP contribution in [0, 0.1) is 5.92 Å². The summed E-state index contributed by atoms with van der Waals surface area (Å²) in [4.78, 5) is 2.54. The van der Waals surface area contributed by atoms with Crippen molar-refractivity contribution in [1.82, 2.24) is 10.2 Å². The largest absolute Gasteiger partial charge is 0.395 e. The third-order valence-electron chi connectivity index (χ3n) is 3.38. The molecule has 2 aliphatic heterocycles. The fraction of sp³-hybridized carbons (Fsp3) is 1.00. The molecule has 0 spiro atoms. The molecule has 2 atom stereocenters. The summed E-state index contributed by atoms with van der Waals surface area (Å²) in [5, 5.41) is 12.5. The number of rotatable bonds is 3. The summed E-state index contributed by atoms with van der Waals surface area (Å²) in [5.41, 5.74) is 0. The standard InChI is InChI=1S/C10H20N2O/c13-8-10-9(3-4-11-10)7-12-5-1-2-6-12/h9-11,13H,1-8H2/t9-,10-/m1/s1. The van der Waals surface area contributed by atoms with Gasteiger partial charge in [0.25, 0.3) is 0 Å². The number of aliphatic hydroxyl groups excluding tert-OH is 1. The van der Waals surface area contributed by atoms with Crippen LogP contribution in [0.3, 0.4) is 0 Å². The van der Waals surface area contributed by atoms with Gasteiger partial charge in [0.2, 0.25) is 0 Å². The summed E-state index contributed by atoms with van der Waals surface area (Å²) in [6.45, 7) is 5.13. The lowest BCUT2D eigenvalue weighted by Crippen LogP contribution is -2.37. The molecule has 0 aliphatic carbocycles. The average molecular weight is 184 g/mol. The van der Waals surface area contributed by atoms with Crippen molar-refractivity contribution >= 4 is 0 Å². The van der Waals surface area contributed by atoms with Gasteiger partial charge in [-0.3, -0.25) is 0 Å². The van der Waals surface area contributed by atoms with E-state index in [0.29, 0.717) is 18.6 Å². The SMILES string of the molecule is OC[C@H]1NCC[C@@H]1CN1CCCC1. The van der Waals surface area contributed by atoms with Gasteiger partial charge in [0.05, 0.1) is 6.61 Å². The van der Waals surface area contributed by atoms with Gasteiger partial charge in [0.15, 0.2) is 0 Å².